The fraction of sp³-hybridized carbons (Fsp3) is 0.235. The zero-order valence-electron chi connectivity index (χ0n) is 12.4. The van der Waals surface area contributed by atoms with Crippen LogP contribution in [-0.4, -0.2) is 24.7 Å². The van der Waals surface area contributed by atoms with Crippen LogP contribution in [0.5, 0.6) is 5.75 Å². The van der Waals surface area contributed by atoms with Gasteiger partial charge in [0.1, 0.15) is 5.75 Å². The van der Waals surface area contributed by atoms with Crippen LogP contribution < -0.4 is 10.1 Å². The Labute approximate surface area is 125 Å². The Morgan fingerprint density at radius 2 is 1.76 bits per heavy atom. The summed E-state index contributed by atoms with van der Waals surface area (Å²) in [5.41, 5.74) is 2.27. The number of nitrogens with one attached hydrogen (secondary N) is 1. The van der Waals surface area contributed by atoms with Crippen molar-refractivity contribution in [2.75, 3.05) is 13.8 Å². The Morgan fingerprint density at radius 3 is 2.43 bits per heavy atom. The molecule has 0 aliphatic carbocycles. The number of nitrogens with zero attached hydrogens (tertiary/aromatic N) is 1. The second-order valence-electron chi connectivity index (χ2n) is 4.93. The summed E-state index contributed by atoms with van der Waals surface area (Å²) in [5.74, 6) is 0.742. The zero-order chi connectivity index (χ0) is 15.1. The Kier molecular flexibility index (Phi) is 5.21. The molecule has 0 saturated carbocycles. The fourth-order valence-corrected chi connectivity index (χ4v) is 1.88. The molecule has 2 aromatic carbocycles. The van der Waals surface area contributed by atoms with Gasteiger partial charge in [-0.25, -0.2) is 4.79 Å². The highest BCUT2D eigenvalue weighted by Gasteiger charge is 2.08. The highest BCUT2D eigenvalue weighted by molar-refractivity contribution is 5.73. The molecule has 0 aliphatic heterocycles. The van der Waals surface area contributed by atoms with Crippen LogP contribution in [0.4, 0.5) is 4.79 Å². The molecule has 0 bridgehead atoms. The van der Waals surface area contributed by atoms with Crippen molar-refractivity contribution in [3.05, 3.63) is 65.7 Å². The Balaban J connectivity index is 1.75. The molecular formula is C17H20N2O2. The molecule has 0 saturated heterocycles. The molecule has 21 heavy (non-hydrogen) atoms. The van der Waals surface area contributed by atoms with Crippen LogP contribution in [0, 0.1) is 6.92 Å². The van der Waals surface area contributed by atoms with Crippen LogP contribution in [0.1, 0.15) is 11.1 Å². The van der Waals surface area contributed by atoms with Gasteiger partial charge in [0.25, 0.3) is 0 Å². The summed E-state index contributed by atoms with van der Waals surface area (Å²) >= 11 is 0. The SMILES string of the molecule is Cc1ccc(OCNC(=O)N(C)Cc2ccccc2)cc1. The number of rotatable bonds is 5. The lowest BCUT2D eigenvalue weighted by Crippen LogP contribution is -2.38. The monoisotopic (exact) mass is 284 g/mol. The first-order valence-corrected chi connectivity index (χ1v) is 6.87. The van der Waals surface area contributed by atoms with E-state index in [1.54, 1.807) is 11.9 Å². The van der Waals surface area contributed by atoms with Gasteiger partial charge >= 0.3 is 6.03 Å². The Morgan fingerprint density at radius 1 is 1.10 bits per heavy atom. The molecule has 0 unspecified atom stereocenters. The maximum Gasteiger partial charge on any atom is 0.320 e. The number of carbonyl (C=O) groups excluding carboxylic acids is 1. The van der Waals surface area contributed by atoms with Crippen molar-refractivity contribution in [2.45, 2.75) is 13.5 Å². The average molecular weight is 284 g/mol. The van der Waals surface area contributed by atoms with E-state index >= 15 is 0 Å². The summed E-state index contributed by atoms with van der Waals surface area (Å²) in [6.07, 6.45) is 0. The van der Waals surface area contributed by atoms with E-state index in [2.05, 4.69) is 5.32 Å². The highest BCUT2D eigenvalue weighted by Crippen LogP contribution is 2.10. The second-order valence-corrected chi connectivity index (χ2v) is 4.93. The van der Waals surface area contributed by atoms with Gasteiger partial charge in [-0.15, -0.1) is 0 Å². The average Bonchev–Trinajstić information content (AvgIpc) is 2.50. The maximum atomic E-state index is 11.9. The van der Waals surface area contributed by atoms with Gasteiger partial charge in [0.05, 0.1) is 0 Å². The number of benzene rings is 2. The summed E-state index contributed by atoms with van der Waals surface area (Å²) in [6, 6.07) is 17.4. The van der Waals surface area contributed by atoms with E-state index in [9.17, 15) is 4.79 Å². The van der Waals surface area contributed by atoms with Gasteiger partial charge in [-0.05, 0) is 24.6 Å². The molecular weight excluding hydrogens is 264 g/mol. The standard InChI is InChI=1S/C17H20N2O2/c1-14-8-10-16(11-9-14)21-13-18-17(20)19(2)12-15-6-4-3-5-7-15/h3-11H,12-13H2,1-2H3,(H,18,20). The van der Waals surface area contributed by atoms with Crippen molar-refractivity contribution in [1.29, 1.82) is 0 Å². The molecule has 110 valence electrons. The minimum absolute atomic E-state index is 0.154. The van der Waals surface area contributed by atoms with E-state index < -0.39 is 0 Å². The molecule has 2 aromatic rings. The van der Waals surface area contributed by atoms with Crippen molar-refractivity contribution in [3.63, 3.8) is 0 Å². The lowest BCUT2D eigenvalue weighted by atomic mass is 10.2. The quantitative estimate of drug-likeness (QED) is 0.857. The highest BCUT2D eigenvalue weighted by atomic mass is 16.5. The van der Waals surface area contributed by atoms with Gasteiger partial charge in [0.15, 0.2) is 6.73 Å². The second kappa shape index (κ2) is 7.33. The molecule has 1 N–H and O–H groups in total. The van der Waals surface area contributed by atoms with Crippen molar-refractivity contribution in [3.8, 4) is 5.75 Å². The molecule has 2 rings (SSSR count). The normalized spacial score (nSPS) is 10.0. The van der Waals surface area contributed by atoms with E-state index in [0.717, 1.165) is 11.3 Å². The summed E-state index contributed by atoms with van der Waals surface area (Å²) in [4.78, 5) is 13.5. The number of carbonyl (C=O) groups is 1. The van der Waals surface area contributed by atoms with Crippen molar-refractivity contribution >= 4 is 6.03 Å². The number of amides is 2. The first-order chi connectivity index (χ1) is 10.1. The molecule has 2 amide bonds. The lowest BCUT2D eigenvalue weighted by Gasteiger charge is -2.18. The Bertz CT molecular complexity index is 567. The molecule has 0 fully saturated rings. The van der Waals surface area contributed by atoms with E-state index in [4.69, 9.17) is 4.74 Å². The first kappa shape index (κ1) is 14.9. The summed E-state index contributed by atoms with van der Waals surface area (Å²) < 4.78 is 5.47. The molecule has 0 spiro atoms. The number of urea groups is 1. The minimum atomic E-state index is -0.161. The topological polar surface area (TPSA) is 41.6 Å². The van der Waals surface area contributed by atoms with Crippen LogP contribution in [0.25, 0.3) is 0 Å². The third-order valence-corrected chi connectivity index (χ3v) is 3.09. The van der Waals surface area contributed by atoms with Gasteiger partial charge in [-0.3, -0.25) is 0 Å². The lowest BCUT2D eigenvalue weighted by molar-refractivity contribution is 0.192. The van der Waals surface area contributed by atoms with Crippen LogP contribution in [-0.2, 0) is 6.54 Å². The van der Waals surface area contributed by atoms with Crippen molar-refractivity contribution in [1.82, 2.24) is 10.2 Å². The van der Waals surface area contributed by atoms with Gasteiger partial charge < -0.3 is 15.0 Å². The first-order valence-electron chi connectivity index (χ1n) is 6.87. The van der Waals surface area contributed by atoms with Gasteiger partial charge in [0.2, 0.25) is 0 Å². The maximum absolute atomic E-state index is 11.9. The third-order valence-electron chi connectivity index (χ3n) is 3.09. The largest absolute Gasteiger partial charge is 0.473 e. The van der Waals surface area contributed by atoms with Crippen molar-refractivity contribution in [2.24, 2.45) is 0 Å². The minimum Gasteiger partial charge on any atom is -0.473 e. The molecule has 0 heterocycles. The predicted octanol–water partition coefficient (Wildman–Crippen LogP) is 3.17. The zero-order valence-corrected chi connectivity index (χ0v) is 12.4. The van der Waals surface area contributed by atoms with Crippen molar-refractivity contribution < 1.29 is 9.53 Å². The molecule has 0 aliphatic rings. The number of hydrogen-bond donors (Lipinski definition) is 1. The van der Waals surface area contributed by atoms with E-state index in [1.807, 2.05) is 61.5 Å². The third kappa shape index (κ3) is 4.84. The number of aryl methyl sites for hydroxylation is 1. The van der Waals surface area contributed by atoms with E-state index in [-0.39, 0.29) is 12.8 Å². The van der Waals surface area contributed by atoms with Crippen LogP contribution in [0.15, 0.2) is 54.6 Å². The Hall–Kier alpha value is -2.49. The summed E-state index contributed by atoms with van der Waals surface area (Å²) in [5, 5.41) is 2.73. The van der Waals surface area contributed by atoms with Gasteiger partial charge in [-0.1, -0.05) is 48.0 Å². The van der Waals surface area contributed by atoms with Gasteiger partial charge in [-0.2, -0.15) is 0 Å². The van der Waals surface area contributed by atoms with Crippen LogP contribution in [0.3, 0.4) is 0 Å². The number of hydrogen-bond acceptors (Lipinski definition) is 2. The van der Waals surface area contributed by atoms with Gasteiger partial charge in [0, 0.05) is 13.6 Å². The summed E-state index contributed by atoms with van der Waals surface area (Å²) in [6.45, 7) is 2.74. The molecule has 0 radical (unpaired) electrons. The van der Waals surface area contributed by atoms with Crippen LogP contribution >= 0.6 is 0 Å². The predicted molar refractivity (Wildman–Crippen MR) is 83.1 cm³/mol. The molecule has 0 atom stereocenters. The van der Waals surface area contributed by atoms with Crippen LogP contribution in [0.2, 0.25) is 0 Å². The molecule has 4 nitrogen and oxygen atoms in total. The number of ether oxygens (including phenoxy) is 1. The molecule has 4 heteroatoms. The van der Waals surface area contributed by atoms with E-state index in [1.165, 1.54) is 5.56 Å². The fourth-order valence-electron chi connectivity index (χ4n) is 1.88. The van der Waals surface area contributed by atoms with E-state index in [0.29, 0.717) is 6.54 Å². The summed E-state index contributed by atoms with van der Waals surface area (Å²) in [7, 11) is 1.76. The smallest absolute Gasteiger partial charge is 0.320 e. The molecule has 0 aromatic heterocycles.